The largest absolute Gasteiger partial charge is 0.198 e. The molecule has 0 bridgehead atoms. The maximum atomic E-state index is 9.47. The average Bonchev–Trinajstić information content (AvgIpc) is 2.62. The zero-order valence-corrected chi connectivity index (χ0v) is 15.5. The molecule has 2 atom stereocenters. The van der Waals surface area contributed by atoms with Gasteiger partial charge in [0.2, 0.25) is 0 Å². The van der Waals surface area contributed by atoms with Crippen LogP contribution in [0.5, 0.6) is 0 Å². The standard InChI is InChI=1S/C22H37N/c1-3-17-6-8-18(9-7-17)19-10-12-20(13-11-19)21-5-4-14-22(2,15-21)16-23/h17-21H,3-15H2,1-2H3/t17-,18-,19?,20?,21-,22+/m0/s1. The number of hydrogen-bond donors (Lipinski definition) is 0. The Labute approximate surface area is 144 Å². The molecule has 3 aliphatic rings. The molecule has 3 aliphatic carbocycles. The lowest BCUT2D eigenvalue weighted by Gasteiger charge is -2.42. The minimum atomic E-state index is -0.0156. The van der Waals surface area contributed by atoms with E-state index in [1.165, 1.54) is 77.0 Å². The predicted octanol–water partition coefficient (Wildman–Crippen LogP) is 6.73. The first-order valence-electron chi connectivity index (χ1n) is 10.5. The molecular weight excluding hydrogens is 278 g/mol. The van der Waals surface area contributed by atoms with Gasteiger partial charge in [-0.05, 0) is 87.9 Å². The summed E-state index contributed by atoms with van der Waals surface area (Å²) in [7, 11) is 0. The predicted molar refractivity (Wildman–Crippen MR) is 96.9 cm³/mol. The van der Waals surface area contributed by atoms with Crippen LogP contribution in [0.4, 0.5) is 0 Å². The second-order valence-electron chi connectivity index (χ2n) is 9.39. The van der Waals surface area contributed by atoms with E-state index in [1.807, 2.05) is 0 Å². The minimum Gasteiger partial charge on any atom is -0.198 e. The van der Waals surface area contributed by atoms with Crippen LogP contribution < -0.4 is 0 Å². The van der Waals surface area contributed by atoms with E-state index in [0.29, 0.717) is 0 Å². The summed E-state index contributed by atoms with van der Waals surface area (Å²) in [6, 6.07) is 2.62. The summed E-state index contributed by atoms with van der Waals surface area (Å²) in [4.78, 5) is 0. The van der Waals surface area contributed by atoms with Gasteiger partial charge in [0.1, 0.15) is 0 Å². The van der Waals surface area contributed by atoms with Crippen LogP contribution in [0.2, 0.25) is 0 Å². The molecule has 23 heavy (non-hydrogen) atoms. The van der Waals surface area contributed by atoms with Crippen molar-refractivity contribution in [1.82, 2.24) is 0 Å². The first-order valence-corrected chi connectivity index (χ1v) is 10.5. The summed E-state index contributed by atoms with van der Waals surface area (Å²) in [5.74, 6) is 4.91. The van der Waals surface area contributed by atoms with Crippen molar-refractivity contribution >= 4 is 0 Å². The van der Waals surface area contributed by atoms with E-state index >= 15 is 0 Å². The summed E-state index contributed by atoms with van der Waals surface area (Å²) in [6.45, 7) is 4.58. The van der Waals surface area contributed by atoms with E-state index in [0.717, 1.165) is 36.0 Å². The SMILES string of the molecule is CC[C@H]1CC[C@H](C2CCC([C@H]3CCC[C@@](C)(C#N)C3)CC2)CC1. The van der Waals surface area contributed by atoms with Crippen molar-refractivity contribution in [3.05, 3.63) is 0 Å². The Morgan fingerprint density at radius 1 is 0.826 bits per heavy atom. The number of nitrogens with zero attached hydrogens (tertiary/aromatic N) is 1. The van der Waals surface area contributed by atoms with Crippen molar-refractivity contribution < 1.29 is 0 Å². The van der Waals surface area contributed by atoms with E-state index in [2.05, 4.69) is 19.9 Å². The van der Waals surface area contributed by atoms with Gasteiger partial charge >= 0.3 is 0 Å². The Balaban J connectivity index is 1.46. The van der Waals surface area contributed by atoms with Gasteiger partial charge < -0.3 is 0 Å². The molecule has 1 nitrogen and oxygen atoms in total. The molecule has 0 unspecified atom stereocenters. The summed E-state index contributed by atoms with van der Waals surface area (Å²) in [5, 5.41) is 9.47. The van der Waals surface area contributed by atoms with Gasteiger partial charge in [0.25, 0.3) is 0 Å². The molecule has 0 N–H and O–H groups in total. The first kappa shape index (κ1) is 17.3. The summed E-state index contributed by atoms with van der Waals surface area (Å²) >= 11 is 0. The third kappa shape index (κ3) is 4.12. The van der Waals surface area contributed by atoms with Crippen molar-refractivity contribution in [1.29, 1.82) is 5.26 Å². The third-order valence-corrected chi connectivity index (χ3v) is 7.90. The molecule has 0 saturated heterocycles. The molecule has 3 saturated carbocycles. The molecule has 0 heterocycles. The van der Waals surface area contributed by atoms with E-state index in [-0.39, 0.29) is 5.41 Å². The third-order valence-electron chi connectivity index (χ3n) is 7.90. The van der Waals surface area contributed by atoms with Gasteiger partial charge in [-0.1, -0.05) is 39.0 Å². The summed E-state index contributed by atoms with van der Waals surface area (Å²) in [5.41, 5.74) is -0.0156. The Morgan fingerprint density at radius 3 is 1.87 bits per heavy atom. The monoisotopic (exact) mass is 315 g/mol. The normalized spacial score (nSPS) is 45.3. The topological polar surface area (TPSA) is 23.8 Å². The Hall–Kier alpha value is -0.510. The lowest BCUT2D eigenvalue weighted by molar-refractivity contribution is 0.0905. The summed E-state index contributed by atoms with van der Waals surface area (Å²) < 4.78 is 0. The highest BCUT2D eigenvalue weighted by atomic mass is 14.4. The van der Waals surface area contributed by atoms with Gasteiger partial charge in [0, 0.05) is 0 Å². The molecule has 0 radical (unpaired) electrons. The Morgan fingerprint density at radius 2 is 1.35 bits per heavy atom. The molecule has 3 fully saturated rings. The smallest absolute Gasteiger partial charge is 0.0686 e. The lowest BCUT2D eigenvalue weighted by atomic mass is 9.62. The fourth-order valence-corrected chi connectivity index (χ4v) is 6.20. The molecule has 0 spiro atoms. The molecule has 0 aromatic rings. The molecule has 130 valence electrons. The fraction of sp³-hybridized carbons (Fsp3) is 0.955. The maximum Gasteiger partial charge on any atom is 0.0686 e. The van der Waals surface area contributed by atoms with Gasteiger partial charge in [0.05, 0.1) is 11.5 Å². The van der Waals surface area contributed by atoms with Crippen molar-refractivity contribution in [2.75, 3.05) is 0 Å². The van der Waals surface area contributed by atoms with Crippen LogP contribution in [0, 0.1) is 46.3 Å². The van der Waals surface area contributed by atoms with Gasteiger partial charge in [-0.25, -0.2) is 0 Å². The first-order chi connectivity index (χ1) is 11.1. The van der Waals surface area contributed by atoms with Gasteiger partial charge in [-0.2, -0.15) is 5.26 Å². The van der Waals surface area contributed by atoms with Crippen molar-refractivity contribution in [3.8, 4) is 6.07 Å². The van der Waals surface area contributed by atoms with Gasteiger partial charge in [0.15, 0.2) is 0 Å². The second-order valence-corrected chi connectivity index (χ2v) is 9.39. The fourth-order valence-electron chi connectivity index (χ4n) is 6.20. The molecule has 0 aromatic carbocycles. The zero-order valence-electron chi connectivity index (χ0n) is 15.5. The van der Waals surface area contributed by atoms with Crippen molar-refractivity contribution in [2.45, 2.75) is 97.3 Å². The van der Waals surface area contributed by atoms with Crippen LogP contribution in [0.15, 0.2) is 0 Å². The van der Waals surface area contributed by atoms with E-state index in [9.17, 15) is 5.26 Å². The van der Waals surface area contributed by atoms with Crippen LogP contribution in [-0.4, -0.2) is 0 Å². The Kier molecular flexibility index (Phi) is 5.71. The van der Waals surface area contributed by atoms with Crippen LogP contribution in [0.3, 0.4) is 0 Å². The Bertz CT molecular complexity index is 406. The van der Waals surface area contributed by atoms with Gasteiger partial charge in [-0.3, -0.25) is 0 Å². The molecule has 0 aliphatic heterocycles. The highest BCUT2D eigenvalue weighted by Crippen LogP contribution is 2.48. The summed E-state index contributed by atoms with van der Waals surface area (Å²) in [6.07, 6.45) is 18.4. The van der Waals surface area contributed by atoms with Crippen molar-refractivity contribution in [2.24, 2.45) is 35.0 Å². The number of rotatable bonds is 3. The number of hydrogen-bond acceptors (Lipinski definition) is 1. The maximum absolute atomic E-state index is 9.47. The van der Waals surface area contributed by atoms with Crippen LogP contribution in [0.1, 0.15) is 97.3 Å². The van der Waals surface area contributed by atoms with Crippen LogP contribution >= 0.6 is 0 Å². The molecule has 0 amide bonds. The van der Waals surface area contributed by atoms with Gasteiger partial charge in [-0.15, -0.1) is 0 Å². The number of nitriles is 1. The van der Waals surface area contributed by atoms with Crippen molar-refractivity contribution in [3.63, 3.8) is 0 Å². The van der Waals surface area contributed by atoms with E-state index < -0.39 is 0 Å². The molecule has 0 aromatic heterocycles. The quantitative estimate of drug-likeness (QED) is 0.566. The lowest BCUT2D eigenvalue weighted by Crippen LogP contribution is -2.32. The average molecular weight is 316 g/mol. The molecule has 1 heteroatoms. The van der Waals surface area contributed by atoms with Crippen LogP contribution in [-0.2, 0) is 0 Å². The highest BCUT2D eigenvalue weighted by molar-refractivity contribution is 5.00. The van der Waals surface area contributed by atoms with E-state index in [1.54, 1.807) is 0 Å². The highest BCUT2D eigenvalue weighted by Gasteiger charge is 2.38. The van der Waals surface area contributed by atoms with E-state index in [4.69, 9.17) is 0 Å². The minimum absolute atomic E-state index is 0.0156. The molecular formula is C22H37N. The zero-order chi connectivity index (χ0) is 16.3. The molecule has 3 rings (SSSR count). The van der Waals surface area contributed by atoms with Crippen LogP contribution in [0.25, 0.3) is 0 Å². The second kappa shape index (κ2) is 7.58.